The van der Waals surface area contributed by atoms with Crippen molar-refractivity contribution in [3.05, 3.63) is 12.2 Å². The van der Waals surface area contributed by atoms with Crippen molar-refractivity contribution in [3.63, 3.8) is 0 Å². The maximum Gasteiger partial charge on any atom is 0.329 e. The van der Waals surface area contributed by atoms with Crippen LogP contribution in [0, 0.1) is 11.8 Å². The van der Waals surface area contributed by atoms with E-state index in [0.29, 0.717) is 19.4 Å². The highest BCUT2D eigenvalue weighted by atomic mass is 16.5. The lowest BCUT2D eigenvalue weighted by atomic mass is 9.85. The van der Waals surface area contributed by atoms with Crippen LogP contribution in [0.4, 0.5) is 4.79 Å². The molecule has 2 fully saturated rings. The molecule has 1 N–H and O–H groups in total. The van der Waals surface area contributed by atoms with Crippen molar-refractivity contribution in [3.8, 4) is 0 Å². The van der Waals surface area contributed by atoms with Gasteiger partial charge in [-0.05, 0) is 26.7 Å². The van der Waals surface area contributed by atoms with Crippen LogP contribution in [-0.2, 0) is 23.9 Å². The molecule has 3 aliphatic rings. The molecule has 140 valence electrons. The Bertz CT molecular complexity index is 677. The van der Waals surface area contributed by atoms with E-state index in [0.717, 1.165) is 9.80 Å². The number of amides is 5. The summed E-state index contributed by atoms with van der Waals surface area (Å²) in [5.41, 5.74) is 0. The predicted octanol–water partition coefficient (Wildman–Crippen LogP) is -0.190. The summed E-state index contributed by atoms with van der Waals surface area (Å²) in [5, 5.41) is 2.49. The van der Waals surface area contributed by atoms with Crippen molar-refractivity contribution in [2.75, 3.05) is 13.1 Å². The summed E-state index contributed by atoms with van der Waals surface area (Å²) in [5.74, 6) is -3.13. The first-order valence-corrected chi connectivity index (χ1v) is 8.64. The quantitative estimate of drug-likeness (QED) is 0.421. The van der Waals surface area contributed by atoms with Crippen LogP contribution < -0.4 is 5.32 Å². The Labute approximate surface area is 150 Å². The van der Waals surface area contributed by atoms with Crippen LogP contribution in [0.25, 0.3) is 0 Å². The van der Waals surface area contributed by atoms with E-state index in [2.05, 4.69) is 5.32 Å². The SMILES string of the molecule is C[C@@H](OC(=O)[C@H](C)N1C(=O)[C@H]2CC=CC[C@H]2C1=O)C(=O)N1CCNC1=O. The van der Waals surface area contributed by atoms with Gasteiger partial charge in [-0.25, -0.2) is 9.59 Å². The molecule has 0 radical (unpaired) electrons. The van der Waals surface area contributed by atoms with Crippen LogP contribution in [0.5, 0.6) is 0 Å². The summed E-state index contributed by atoms with van der Waals surface area (Å²) in [4.78, 5) is 63.0. The first-order chi connectivity index (χ1) is 12.3. The van der Waals surface area contributed by atoms with Gasteiger partial charge in [0.2, 0.25) is 11.8 Å². The third-order valence-corrected chi connectivity index (χ3v) is 5.03. The topological polar surface area (TPSA) is 113 Å². The van der Waals surface area contributed by atoms with Gasteiger partial charge in [0.05, 0.1) is 11.8 Å². The molecule has 2 aliphatic heterocycles. The number of imide groups is 2. The molecule has 0 saturated carbocycles. The van der Waals surface area contributed by atoms with Crippen LogP contribution in [0.2, 0.25) is 0 Å². The summed E-state index contributed by atoms with van der Waals surface area (Å²) in [6.07, 6.45) is 3.49. The second kappa shape index (κ2) is 6.89. The number of rotatable bonds is 4. The normalized spacial score (nSPS) is 27.2. The molecule has 0 aromatic carbocycles. The third kappa shape index (κ3) is 2.97. The van der Waals surface area contributed by atoms with E-state index < -0.39 is 41.9 Å². The second-order valence-corrected chi connectivity index (χ2v) is 6.68. The number of urea groups is 1. The molecule has 0 aromatic heterocycles. The largest absolute Gasteiger partial charge is 0.451 e. The molecule has 9 heteroatoms. The monoisotopic (exact) mass is 363 g/mol. The average molecular weight is 363 g/mol. The Morgan fingerprint density at radius 3 is 2.19 bits per heavy atom. The molecule has 0 unspecified atom stereocenters. The van der Waals surface area contributed by atoms with Crippen molar-refractivity contribution in [2.24, 2.45) is 11.8 Å². The first-order valence-electron chi connectivity index (χ1n) is 8.64. The highest BCUT2D eigenvalue weighted by molar-refractivity contribution is 6.08. The van der Waals surface area contributed by atoms with Crippen LogP contribution >= 0.6 is 0 Å². The van der Waals surface area contributed by atoms with Crippen molar-refractivity contribution >= 4 is 29.7 Å². The fraction of sp³-hybridized carbons (Fsp3) is 0.588. The van der Waals surface area contributed by atoms with E-state index in [9.17, 15) is 24.0 Å². The Kier molecular flexibility index (Phi) is 4.80. The molecule has 2 heterocycles. The van der Waals surface area contributed by atoms with E-state index in [1.54, 1.807) is 0 Å². The van der Waals surface area contributed by atoms with Crippen LogP contribution in [0.15, 0.2) is 12.2 Å². The highest BCUT2D eigenvalue weighted by Gasteiger charge is 2.50. The molecule has 0 bridgehead atoms. The molecule has 9 nitrogen and oxygen atoms in total. The number of fused-ring (bicyclic) bond motifs is 1. The predicted molar refractivity (Wildman–Crippen MR) is 87.3 cm³/mol. The molecule has 1 aliphatic carbocycles. The first kappa shape index (κ1) is 18.1. The van der Waals surface area contributed by atoms with Gasteiger partial charge in [0.1, 0.15) is 6.04 Å². The van der Waals surface area contributed by atoms with Gasteiger partial charge in [0.15, 0.2) is 6.10 Å². The summed E-state index contributed by atoms with van der Waals surface area (Å²) in [6.45, 7) is 3.31. The van der Waals surface area contributed by atoms with Gasteiger partial charge in [0.25, 0.3) is 5.91 Å². The number of hydrogen-bond donors (Lipinski definition) is 1. The van der Waals surface area contributed by atoms with Crippen LogP contribution in [-0.4, -0.2) is 64.8 Å². The number of esters is 1. The van der Waals surface area contributed by atoms with Gasteiger partial charge in [0, 0.05) is 13.1 Å². The fourth-order valence-corrected chi connectivity index (χ4v) is 3.54. The number of likely N-dealkylation sites (tertiary alicyclic amines) is 1. The van der Waals surface area contributed by atoms with Crippen molar-refractivity contribution in [1.82, 2.24) is 15.1 Å². The number of ether oxygens (including phenoxy) is 1. The average Bonchev–Trinajstić information content (AvgIpc) is 3.16. The van der Waals surface area contributed by atoms with Gasteiger partial charge < -0.3 is 10.1 Å². The molecule has 3 rings (SSSR count). The summed E-state index contributed by atoms with van der Waals surface area (Å²) in [6, 6.07) is -1.66. The van der Waals surface area contributed by atoms with Gasteiger partial charge in [-0.15, -0.1) is 0 Å². The Morgan fingerprint density at radius 2 is 1.69 bits per heavy atom. The van der Waals surface area contributed by atoms with Gasteiger partial charge in [-0.1, -0.05) is 12.2 Å². The minimum absolute atomic E-state index is 0.203. The second-order valence-electron chi connectivity index (χ2n) is 6.68. The minimum Gasteiger partial charge on any atom is -0.451 e. The van der Waals surface area contributed by atoms with E-state index in [4.69, 9.17) is 4.74 Å². The van der Waals surface area contributed by atoms with Gasteiger partial charge in [-0.2, -0.15) is 0 Å². The number of carbonyl (C=O) groups is 5. The van der Waals surface area contributed by atoms with Crippen molar-refractivity contribution in [1.29, 1.82) is 0 Å². The number of allylic oxidation sites excluding steroid dienone is 2. The van der Waals surface area contributed by atoms with E-state index in [1.165, 1.54) is 13.8 Å². The van der Waals surface area contributed by atoms with E-state index in [-0.39, 0.29) is 18.4 Å². The van der Waals surface area contributed by atoms with Gasteiger partial charge >= 0.3 is 12.0 Å². The zero-order chi connectivity index (χ0) is 19.0. The lowest BCUT2D eigenvalue weighted by molar-refractivity contribution is -0.165. The zero-order valence-electron chi connectivity index (χ0n) is 14.6. The maximum atomic E-state index is 12.5. The van der Waals surface area contributed by atoms with E-state index >= 15 is 0 Å². The highest BCUT2D eigenvalue weighted by Crippen LogP contribution is 2.36. The smallest absolute Gasteiger partial charge is 0.329 e. The minimum atomic E-state index is -1.19. The lowest BCUT2D eigenvalue weighted by Crippen LogP contribution is -2.47. The summed E-state index contributed by atoms with van der Waals surface area (Å²) < 4.78 is 5.13. The summed E-state index contributed by atoms with van der Waals surface area (Å²) >= 11 is 0. The molecule has 0 aromatic rings. The molecular weight excluding hydrogens is 342 g/mol. The maximum absolute atomic E-state index is 12.5. The summed E-state index contributed by atoms with van der Waals surface area (Å²) in [7, 11) is 0. The lowest BCUT2D eigenvalue weighted by Gasteiger charge is -2.24. The Morgan fingerprint density at radius 1 is 1.12 bits per heavy atom. The number of nitrogens with zero attached hydrogens (tertiary/aromatic N) is 2. The fourth-order valence-electron chi connectivity index (χ4n) is 3.54. The van der Waals surface area contributed by atoms with Crippen LogP contribution in [0.3, 0.4) is 0 Å². The number of hydrogen-bond acceptors (Lipinski definition) is 6. The standard InChI is InChI=1S/C17H21N3O6/c1-9(20-14(22)11-5-3-4-6-12(11)15(20)23)16(24)26-10(2)13(21)19-8-7-18-17(19)25/h3-4,9-12H,5-8H2,1-2H3,(H,18,25)/t9-,10+,11-,12+/m0/s1. The molecule has 2 saturated heterocycles. The van der Waals surface area contributed by atoms with Gasteiger partial charge in [-0.3, -0.25) is 24.2 Å². The van der Waals surface area contributed by atoms with E-state index in [1.807, 2.05) is 12.2 Å². The van der Waals surface area contributed by atoms with Crippen LogP contribution in [0.1, 0.15) is 26.7 Å². The Balaban J connectivity index is 1.64. The number of nitrogens with one attached hydrogen (secondary N) is 1. The molecule has 26 heavy (non-hydrogen) atoms. The number of carbonyl (C=O) groups excluding carboxylic acids is 5. The third-order valence-electron chi connectivity index (χ3n) is 5.03. The Hall–Kier alpha value is -2.71. The molecule has 0 spiro atoms. The molecule has 4 atom stereocenters. The zero-order valence-corrected chi connectivity index (χ0v) is 14.6. The molecular formula is C17H21N3O6. The van der Waals surface area contributed by atoms with Crippen molar-refractivity contribution in [2.45, 2.75) is 38.8 Å². The van der Waals surface area contributed by atoms with Crippen molar-refractivity contribution < 1.29 is 28.7 Å². The molecule has 5 amide bonds.